The highest BCUT2D eigenvalue weighted by Gasteiger charge is 2.26. The Morgan fingerprint density at radius 1 is 1.31 bits per heavy atom. The zero-order chi connectivity index (χ0) is 18.1. The summed E-state index contributed by atoms with van der Waals surface area (Å²) in [7, 11) is 1.80. The molecular weight excluding hydrogens is 330 g/mol. The van der Waals surface area contributed by atoms with Crippen molar-refractivity contribution >= 4 is 5.97 Å². The Morgan fingerprint density at radius 3 is 2.88 bits per heavy atom. The highest BCUT2D eigenvalue weighted by atomic mass is 16.4. The molecule has 132 valence electrons. The van der Waals surface area contributed by atoms with Gasteiger partial charge in [-0.3, -0.25) is 19.5 Å². The molecule has 1 aliphatic rings. The topological polar surface area (TPSA) is 84.1 Å². The molecule has 0 spiro atoms. The molecule has 4 heterocycles. The van der Waals surface area contributed by atoms with E-state index in [0.29, 0.717) is 24.2 Å². The third kappa shape index (κ3) is 3.09. The molecule has 7 nitrogen and oxygen atoms in total. The average molecular weight is 349 g/mol. The van der Waals surface area contributed by atoms with Crippen LogP contribution < -0.4 is 0 Å². The molecule has 0 saturated carbocycles. The van der Waals surface area contributed by atoms with Gasteiger partial charge >= 0.3 is 5.97 Å². The Hall–Kier alpha value is -3.06. The van der Waals surface area contributed by atoms with Gasteiger partial charge in [-0.2, -0.15) is 5.10 Å². The van der Waals surface area contributed by atoms with Gasteiger partial charge in [-0.1, -0.05) is 6.07 Å². The molecule has 3 aromatic heterocycles. The van der Waals surface area contributed by atoms with Gasteiger partial charge in [0.1, 0.15) is 0 Å². The van der Waals surface area contributed by atoms with E-state index in [1.807, 2.05) is 12.3 Å². The van der Waals surface area contributed by atoms with E-state index in [-0.39, 0.29) is 0 Å². The van der Waals surface area contributed by atoms with E-state index in [9.17, 15) is 9.90 Å². The van der Waals surface area contributed by atoms with Gasteiger partial charge in [0.25, 0.3) is 0 Å². The quantitative estimate of drug-likeness (QED) is 0.777. The number of carbonyl (C=O) groups is 1. The fraction of sp³-hybridized carbons (Fsp3) is 0.263. The summed E-state index contributed by atoms with van der Waals surface area (Å²) in [5.41, 5.74) is 4.53. The number of aryl methyl sites for hydroxylation is 1. The molecule has 4 rings (SSSR count). The third-order valence-electron chi connectivity index (χ3n) is 4.67. The normalized spacial score (nSPS) is 14.2. The van der Waals surface area contributed by atoms with Gasteiger partial charge in [-0.15, -0.1) is 0 Å². The van der Waals surface area contributed by atoms with E-state index in [1.165, 1.54) is 0 Å². The van der Waals surface area contributed by atoms with Crippen molar-refractivity contribution in [1.82, 2.24) is 24.6 Å². The predicted octanol–water partition coefficient (Wildman–Crippen LogP) is 2.13. The Labute approximate surface area is 150 Å². The van der Waals surface area contributed by atoms with Crippen molar-refractivity contribution in [1.29, 1.82) is 0 Å². The van der Waals surface area contributed by atoms with Gasteiger partial charge < -0.3 is 5.11 Å². The molecule has 0 aliphatic carbocycles. The molecule has 1 aliphatic heterocycles. The van der Waals surface area contributed by atoms with E-state index >= 15 is 0 Å². The second-order valence-electron chi connectivity index (χ2n) is 6.52. The van der Waals surface area contributed by atoms with Crippen molar-refractivity contribution in [3.8, 4) is 11.3 Å². The monoisotopic (exact) mass is 349 g/mol. The summed E-state index contributed by atoms with van der Waals surface area (Å²) in [5, 5.41) is 13.9. The van der Waals surface area contributed by atoms with Crippen LogP contribution in [0.3, 0.4) is 0 Å². The van der Waals surface area contributed by atoms with Gasteiger partial charge in [0.15, 0.2) is 0 Å². The number of hydrogen-bond donors (Lipinski definition) is 1. The fourth-order valence-electron chi connectivity index (χ4n) is 3.48. The number of aromatic carboxylic acids is 1. The molecule has 0 bridgehead atoms. The summed E-state index contributed by atoms with van der Waals surface area (Å²) in [6.45, 7) is 2.28. The minimum absolute atomic E-state index is 0.302. The smallest absolute Gasteiger partial charge is 0.338 e. The number of nitrogens with zero attached hydrogens (tertiary/aromatic N) is 5. The van der Waals surface area contributed by atoms with E-state index in [2.05, 4.69) is 26.0 Å². The highest BCUT2D eigenvalue weighted by molar-refractivity contribution is 5.96. The molecule has 1 N–H and O–H groups in total. The predicted molar refractivity (Wildman–Crippen MR) is 95.5 cm³/mol. The Balaban J connectivity index is 1.66. The van der Waals surface area contributed by atoms with Crippen LogP contribution in [0.1, 0.15) is 27.0 Å². The Morgan fingerprint density at radius 2 is 2.19 bits per heavy atom. The number of fused-ring (bicyclic) bond motifs is 1. The van der Waals surface area contributed by atoms with Crippen LogP contribution in [0.5, 0.6) is 0 Å². The number of carboxylic acid groups (broad SMARTS) is 1. The molecule has 0 unspecified atom stereocenters. The molecule has 0 atom stereocenters. The van der Waals surface area contributed by atoms with E-state index in [0.717, 1.165) is 35.3 Å². The molecular formula is C19H19N5O2. The van der Waals surface area contributed by atoms with E-state index in [4.69, 9.17) is 0 Å². The van der Waals surface area contributed by atoms with Crippen molar-refractivity contribution < 1.29 is 9.90 Å². The first-order valence-corrected chi connectivity index (χ1v) is 8.46. The van der Waals surface area contributed by atoms with Crippen LogP contribution in [0, 0.1) is 0 Å². The SMILES string of the molecule is Cn1cc(-c2ncc3c(c2C(=O)O)CCN(Cc2cccnc2)C3)cn1. The van der Waals surface area contributed by atoms with Crippen LogP contribution in [0.4, 0.5) is 0 Å². The van der Waals surface area contributed by atoms with Crippen molar-refractivity contribution in [2.24, 2.45) is 7.05 Å². The summed E-state index contributed by atoms with van der Waals surface area (Å²) >= 11 is 0. The van der Waals surface area contributed by atoms with Crippen molar-refractivity contribution in [2.45, 2.75) is 19.5 Å². The second-order valence-corrected chi connectivity index (χ2v) is 6.52. The largest absolute Gasteiger partial charge is 0.478 e. The van der Waals surface area contributed by atoms with Crippen LogP contribution in [-0.2, 0) is 26.6 Å². The zero-order valence-corrected chi connectivity index (χ0v) is 14.5. The molecule has 3 aromatic rings. The summed E-state index contributed by atoms with van der Waals surface area (Å²) in [5.74, 6) is -0.936. The van der Waals surface area contributed by atoms with E-state index in [1.54, 1.807) is 36.5 Å². The standard InChI is InChI=1S/C19H19N5O2/c1-23-11-15(9-22-23)18-17(19(25)26)16-4-6-24(12-14(16)8-21-18)10-13-3-2-5-20-7-13/h2-3,5,7-9,11H,4,6,10,12H2,1H3,(H,25,26). The second kappa shape index (κ2) is 6.68. The molecule has 0 saturated heterocycles. The first-order chi connectivity index (χ1) is 12.6. The van der Waals surface area contributed by atoms with Gasteiger partial charge in [0.2, 0.25) is 0 Å². The molecule has 7 heteroatoms. The van der Waals surface area contributed by atoms with Crippen LogP contribution >= 0.6 is 0 Å². The molecule has 0 amide bonds. The maximum Gasteiger partial charge on any atom is 0.338 e. The summed E-state index contributed by atoms with van der Waals surface area (Å²) in [6, 6.07) is 3.98. The molecule has 0 aromatic carbocycles. The first kappa shape index (κ1) is 16.4. The Kier molecular flexibility index (Phi) is 4.22. The zero-order valence-electron chi connectivity index (χ0n) is 14.5. The molecule has 0 fully saturated rings. The summed E-state index contributed by atoms with van der Waals surface area (Å²) < 4.78 is 1.65. The van der Waals surface area contributed by atoms with Crippen molar-refractivity contribution in [3.05, 3.63) is 65.4 Å². The number of hydrogen-bond acceptors (Lipinski definition) is 5. The third-order valence-corrected chi connectivity index (χ3v) is 4.67. The molecule has 0 radical (unpaired) electrons. The van der Waals surface area contributed by atoms with E-state index < -0.39 is 5.97 Å². The highest BCUT2D eigenvalue weighted by Crippen LogP contribution is 2.30. The van der Waals surface area contributed by atoms with Crippen molar-refractivity contribution in [2.75, 3.05) is 6.54 Å². The maximum atomic E-state index is 12.0. The van der Waals surface area contributed by atoms with Crippen LogP contribution in [0.2, 0.25) is 0 Å². The number of carboxylic acids is 1. The number of pyridine rings is 2. The van der Waals surface area contributed by atoms with Gasteiger partial charge in [-0.25, -0.2) is 4.79 Å². The minimum atomic E-state index is -0.936. The summed E-state index contributed by atoms with van der Waals surface area (Å²) in [6.07, 6.45) is 9.56. The van der Waals surface area contributed by atoms with Gasteiger partial charge in [0, 0.05) is 57.0 Å². The maximum absolute atomic E-state index is 12.0. The lowest BCUT2D eigenvalue weighted by Gasteiger charge is -2.29. The molecule has 26 heavy (non-hydrogen) atoms. The number of aromatic nitrogens is 4. The fourth-order valence-corrected chi connectivity index (χ4v) is 3.48. The lowest BCUT2D eigenvalue weighted by Crippen LogP contribution is -2.31. The lowest BCUT2D eigenvalue weighted by molar-refractivity contribution is 0.0695. The number of rotatable bonds is 4. The van der Waals surface area contributed by atoms with Crippen LogP contribution in [0.25, 0.3) is 11.3 Å². The van der Waals surface area contributed by atoms with Crippen LogP contribution in [-0.4, -0.2) is 42.3 Å². The van der Waals surface area contributed by atoms with Gasteiger partial charge in [-0.05, 0) is 29.2 Å². The van der Waals surface area contributed by atoms with Gasteiger partial charge in [0.05, 0.1) is 17.5 Å². The van der Waals surface area contributed by atoms with Crippen LogP contribution in [0.15, 0.2) is 43.1 Å². The Bertz CT molecular complexity index is 952. The summed E-state index contributed by atoms with van der Waals surface area (Å²) in [4.78, 5) is 22.9. The average Bonchev–Trinajstić information content (AvgIpc) is 3.07. The lowest BCUT2D eigenvalue weighted by atomic mass is 9.93. The minimum Gasteiger partial charge on any atom is -0.478 e. The first-order valence-electron chi connectivity index (χ1n) is 8.46. The van der Waals surface area contributed by atoms with Crippen molar-refractivity contribution in [3.63, 3.8) is 0 Å².